The van der Waals surface area contributed by atoms with E-state index in [1.165, 1.54) is 64.2 Å². The van der Waals surface area contributed by atoms with Crippen molar-refractivity contribution in [3.8, 4) is 0 Å². The quantitative estimate of drug-likeness (QED) is 0.216. The van der Waals surface area contributed by atoms with E-state index in [9.17, 15) is 9.59 Å². The number of amides is 1. The van der Waals surface area contributed by atoms with E-state index in [1.807, 2.05) is 13.8 Å². The van der Waals surface area contributed by atoms with Gasteiger partial charge in [0.2, 0.25) is 5.91 Å². The third kappa shape index (κ3) is 11.3. The SMILES string of the molecule is CCCCCCCCCCCCCCOC(=O)CCC(=O)NCC(C)c1nc2n(n1)N=C(C)C2. The van der Waals surface area contributed by atoms with Crippen LogP contribution in [0.25, 0.3) is 0 Å². The Hall–Kier alpha value is -2.25. The molecule has 192 valence electrons. The Morgan fingerprint density at radius 2 is 1.59 bits per heavy atom. The minimum absolute atomic E-state index is 0.0182. The molecule has 1 aromatic rings. The Morgan fingerprint density at radius 3 is 2.21 bits per heavy atom. The van der Waals surface area contributed by atoms with Gasteiger partial charge in [-0.15, -0.1) is 9.89 Å². The maximum absolute atomic E-state index is 12.1. The molecular formula is C26H45N5O3. The van der Waals surface area contributed by atoms with Crippen LogP contribution in [-0.2, 0) is 20.7 Å². The predicted octanol–water partition coefficient (Wildman–Crippen LogP) is 5.30. The molecule has 1 amide bonds. The third-order valence-electron chi connectivity index (χ3n) is 6.21. The minimum Gasteiger partial charge on any atom is -0.466 e. The fraction of sp³-hybridized carbons (Fsp3) is 0.808. The normalized spacial score (nSPS) is 13.4. The van der Waals surface area contributed by atoms with Crippen LogP contribution in [0, 0.1) is 0 Å². The lowest BCUT2D eigenvalue weighted by Gasteiger charge is -2.09. The second kappa shape index (κ2) is 16.4. The molecule has 0 aromatic carbocycles. The minimum atomic E-state index is -0.299. The van der Waals surface area contributed by atoms with E-state index in [2.05, 4.69) is 27.4 Å². The molecule has 2 heterocycles. The maximum Gasteiger partial charge on any atom is 0.306 e. The number of rotatable bonds is 19. The number of aromatic nitrogens is 3. The van der Waals surface area contributed by atoms with Crippen molar-refractivity contribution in [1.82, 2.24) is 20.2 Å². The van der Waals surface area contributed by atoms with Gasteiger partial charge in [0, 0.05) is 31.0 Å². The van der Waals surface area contributed by atoms with Crippen LogP contribution >= 0.6 is 0 Å². The van der Waals surface area contributed by atoms with E-state index < -0.39 is 0 Å². The summed E-state index contributed by atoms with van der Waals surface area (Å²) in [5.41, 5.74) is 0.994. The van der Waals surface area contributed by atoms with Crippen LogP contribution in [0.2, 0.25) is 0 Å². The predicted molar refractivity (Wildman–Crippen MR) is 135 cm³/mol. The second-order valence-electron chi connectivity index (χ2n) is 9.60. The van der Waals surface area contributed by atoms with Gasteiger partial charge in [-0.1, -0.05) is 84.5 Å². The van der Waals surface area contributed by atoms with E-state index >= 15 is 0 Å². The summed E-state index contributed by atoms with van der Waals surface area (Å²) in [6.45, 7) is 7.05. The van der Waals surface area contributed by atoms with Gasteiger partial charge in [-0.2, -0.15) is 5.10 Å². The molecule has 0 saturated heterocycles. The molecule has 1 aliphatic heterocycles. The first-order valence-electron chi connectivity index (χ1n) is 13.4. The van der Waals surface area contributed by atoms with Crippen LogP contribution in [0.5, 0.6) is 0 Å². The Labute approximate surface area is 205 Å². The number of hydrogen-bond acceptors (Lipinski definition) is 6. The fourth-order valence-electron chi connectivity index (χ4n) is 4.04. The molecule has 8 nitrogen and oxygen atoms in total. The zero-order valence-corrected chi connectivity index (χ0v) is 21.6. The van der Waals surface area contributed by atoms with Crippen LogP contribution in [0.15, 0.2) is 5.10 Å². The molecule has 1 atom stereocenters. The molecule has 0 saturated carbocycles. The van der Waals surface area contributed by atoms with Crippen molar-refractivity contribution in [1.29, 1.82) is 0 Å². The molecule has 0 radical (unpaired) electrons. The van der Waals surface area contributed by atoms with Crippen molar-refractivity contribution in [2.24, 2.45) is 5.10 Å². The first-order valence-corrected chi connectivity index (χ1v) is 13.4. The summed E-state index contributed by atoms with van der Waals surface area (Å²) < 4.78 is 5.27. The molecule has 0 bridgehead atoms. The summed E-state index contributed by atoms with van der Waals surface area (Å²) in [5, 5.41) is 11.5. The van der Waals surface area contributed by atoms with Crippen molar-refractivity contribution in [2.75, 3.05) is 13.2 Å². The van der Waals surface area contributed by atoms with Crippen molar-refractivity contribution < 1.29 is 14.3 Å². The number of fused-ring (bicyclic) bond motifs is 1. The Bertz CT molecular complexity index is 774. The van der Waals surface area contributed by atoms with Crippen molar-refractivity contribution in [3.05, 3.63) is 11.6 Å². The first kappa shape index (κ1) is 28.0. The third-order valence-corrected chi connectivity index (χ3v) is 6.21. The summed E-state index contributed by atoms with van der Waals surface area (Å²) in [6, 6.07) is 0. The molecule has 1 aromatic heterocycles. The molecular weight excluding hydrogens is 430 g/mol. The zero-order chi connectivity index (χ0) is 24.6. The maximum atomic E-state index is 12.1. The van der Waals surface area contributed by atoms with E-state index in [0.29, 0.717) is 25.4 Å². The van der Waals surface area contributed by atoms with Crippen LogP contribution in [0.3, 0.4) is 0 Å². The van der Waals surface area contributed by atoms with E-state index in [1.54, 1.807) is 4.79 Å². The molecule has 1 aliphatic rings. The van der Waals surface area contributed by atoms with Gasteiger partial charge in [-0.3, -0.25) is 9.59 Å². The summed E-state index contributed by atoms with van der Waals surface area (Å²) >= 11 is 0. The average molecular weight is 476 g/mol. The summed E-state index contributed by atoms with van der Waals surface area (Å²) in [6.07, 6.45) is 16.3. The zero-order valence-electron chi connectivity index (χ0n) is 21.6. The number of unbranched alkanes of at least 4 members (excludes halogenated alkanes) is 11. The molecule has 0 aliphatic carbocycles. The molecule has 1 N–H and O–H groups in total. The molecule has 34 heavy (non-hydrogen) atoms. The lowest BCUT2D eigenvalue weighted by molar-refractivity contribution is -0.145. The van der Waals surface area contributed by atoms with E-state index in [4.69, 9.17) is 4.74 Å². The molecule has 0 fully saturated rings. The molecule has 1 unspecified atom stereocenters. The van der Waals surface area contributed by atoms with Gasteiger partial charge in [-0.05, 0) is 13.3 Å². The van der Waals surface area contributed by atoms with Gasteiger partial charge in [0.15, 0.2) is 11.6 Å². The highest BCUT2D eigenvalue weighted by atomic mass is 16.5. The summed E-state index contributed by atoms with van der Waals surface area (Å²) in [7, 11) is 0. The number of nitrogens with zero attached hydrogens (tertiary/aromatic N) is 4. The highest BCUT2D eigenvalue weighted by Gasteiger charge is 2.20. The van der Waals surface area contributed by atoms with Gasteiger partial charge in [0.05, 0.1) is 13.0 Å². The average Bonchev–Trinajstić information content (AvgIpc) is 3.36. The molecule has 8 heteroatoms. The van der Waals surface area contributed by atoms with Gasteiger partial charge in [0.1, 0.15) is 0 Å². The number of ether oxygens (including phenoxy) is 1. The largest absolute Gasteiger partial charge is 0.466 e. The first-order chi connectivity index (χ1) is 16.5. The van der Waals surface area contributed by atoms with Gasteiger partial charge >= 0.3 is 5.97 Å². The fourth-order valence-corrected chi connectivity index (χ4v) is 4.04. The number of carbonyl (C=O) groups excluding carboxylic acids is 2. The Balaban J connectivity index is 1.40. The number of hydrogen-bond donors (Lipinski definition) is 1. The van der Waals surface area contributed by atoms with Crippen LogP contribution in [0.4, 0.5) is 0 Å². The number of nitrogens with one attached hydrogen (secondary N) is 1. The Morgan fingerprint density at radius 1 is 0.971 bits per heavy atom. The molecule has 0 spiro atoms. The second-order valence-corrected chi connectivity index (χ2v) is 9.60. The van der Waals surface area contributed by atoms with Crippen molar-refractivity contribution in [3.63, 3.8) is 0 Å². The summed E-state index contributed by atoms with van der Waals surface area (Å²) in [5.74, 6) is 1.03. The van der Waals surface area contributed by atoms with E-state index in [-0.39, 0.29) is 30.6 Å². The van der Waals surface area contributed by atoms with Gasteiger partial charge in [0.25, 0.3) is 0 Å². The number of esters is 1. The smallest absolute Gasteiger partial charge is 0.306 e. The topological polar surface area (TPSA) is 98.5 Å². The van der Waals surface area contributed by atoms with Gasteiger partial charge < -0.3 is 10.1 Å². The van der Waals surface area contributed by atoms with Crippen LogP contribution in [-0.4, -0.2) is 45.6 Å². The van der Waals surface area contributed by atoms with Crippen LogP contribution in [0.1, 0.15) is 128 Å². The highest BCUT2D eigenvalue weighted by Crippen LogP contribution is 2.15. The van der Waals surface area contributed by atoms with Gasteiger partial charge in [-0.25, -0.2) is 4.98 Å². The molecule has 2 rings (SSSR count). The highest BCUT2D eigenvalue weighted by molar-refractivity contribution is 5.85. The van der Waals surface area contributed by atoms with Crippen molar-refractivity contribution >= 4 is 17.6 Å². The number of carbonyl (C=O) groups is 2. The lowest BCUT2D eigenvalue weighted by Crippen LogP contribution is -2.28. The van der Waals surface area contributed by atoms with E-state index in [0.717, 1.165) is 24.4 Å². The van der Waals surface area contributed by atoms with Crippen molar-refractivity contribution in [2.45, 2.75) is 123 Å². The summed E-state index contributed by atoms with van der Waals surface area (Å²) in [4.78, 5) is 30.0. The lowest BCUT2D eigenvalue weighted by atomic mass is 10.1. The van der Waals surface area contributed by atoms with Crippen LogP contribution < -0.4 is 5.32 Å². The Kier molecular flexibility index (Phi) is 13.5. The monoisotopic (exact) mass is 475 g/mol. The standard InChI is InChI=1S/C26H45N5O3/c1-4-5-6-7-8-9-10-11-12-13-14-15-18-34-25(33)17-16-24(32)27-20-21(2)26-28-23-19-22(3)29-31(23)30-26/h21H,4-20H2,1-3H3,(H,27,32).